The molecule has 0 saturated heterocycles. The van der Waals surface area contributed by atoms with Gasteiger partial charge in [-0.25, -0.2) is 0 Å². The number of anilines is 1. The summed E-state index contributed by atoms with van der Waals surface area (Å²) >= 11 is 0. The largest absolute Gasteiger partial charge is 0.395 e. The molecule has 0 fully saturated rings. The molecule has 0 saturated carbocycles. The Morgan fingerprint density at radius 1 is 1.00 bits per heavy atom. The van der Waals surface area contributed by atoms with Crippen LogP contribution < -0.4 is 16.6 Å². The van der Waals surface area contributed by atoms with Crippen LogP contribution in [-0.4, -0.2) is 5.78 Å². The summed E-state index contributed by atoms with van der Waals surface area (Å²) in [6.07, 6.45) is 0. The molecule has 2 N–H and O–H groups in total. The predicted octanol–water partition coefficient (Wildman–Crippen LogP) is 0.0958. The Morgan fingerprint density at radius 3 is 2.13 bits per heavy atom. The van der Waals surface area contributed by atoms with Gasteiger partial charge in [-0.3, -0.25) is 14.4 Å². The molecule has 4 heteroatoms. The van der Waals surface area contributed by atoms with Crippen molar-refractivity contribution in [1.82, 2.24) is 0 Å². The number of hydrogen-bond donors (Lipinski definition) is 1. The summed E-state index contributed by atoms with van der Waals surface area (Å²) in [5, 5.41) is 0. The van der Waals surface area contributed by atoms with Crippen molar-refractivity contribution < 1.29 is 4.79 Å². The van der Waals surface area contributed by atoms with Crippen molar-refractivity contribution >= 4 is 11.5 Å². The van der Waals surface area contributed by atoms with Gasteiger partial charge in [-0.1, -0.05) is 30.3 Å². The van der Waals surface area contributed by atoms with Crippen LogP contribution in [0.3, 0.4) is 0 Å². The Bertz CT molecular complexity index is 592. The van der Waals surface area contributed by atoms with Gasteiger partial charge in [0.25, 0.3) is 0 Å². The van der Waals surface area contributed by atoms with E-state index in [2.05, 4.69) is 0 Å². The summed E-state index contributed by atoms with van der Waals surface area (Å²) in [5.41, 5.74) is 3.66. The summed E-state index contributed by atoms with van der Waals surface area (Å²) < 4.78 is 0. The summed E-state index contributed by atoms with van der Waals surface area (Å²) in [7, 11) is 0. The molecule has 2 rings (SSSR count). The number of benzene rings is 1. The molecule has 0 aromatic heterocycles. The van der Waals surface area contributed by atoms with Crippen molar-refractivity contribution in [3.05, 3.63) is 61.9 Å². The van der Waals surface area contributed by atoms with E-state index in [1.54, 1.807) is 30.3 Å². The molecule has 0 atom stereocenters. The van der Waals surface area contributed by atoms with E-state index in [-0.39, 0.29) is 11.3 Å². The normalized spacial score (nSPS) is 10.4. The minimum atomic E-state index is -0.790. The van der Waals surface area contributed by atoms with Crippen molar-refractivity contribution in [2.24, 2.45) is 0 Å². The lowest BCUT2D eigenvalue weighted by Crippen LogP contribution is -2.40. The highest BCUT2D eigenvalue weighted by Crippen LogP contribution is 2.10. The molecular weight excluding hydrogens is 194 g/mol. The van der Waals surface area contributed by atoms with Gasteiger partial charge in [0.2, 0.25) is 10.9 Å². The van der Waals surface area contributed by atoms with Crippen molar-refractivity contribution in [2.75, 3.05) is 5.73 Å². The Morgan fingerprint density at radius 2 is 1.60 bits per heavy atom. The Balaban J connectivity index is 2.48. The number of hydrogen-bond acceptors (Lipinski definition) is 4. The van der Waals surface area contributed by atoms with E-state index >= 15 is 0 Å². The fourth-order valence-electron chi connectivity index (χ4n) is 1.37. The topological polar surface area (TPSA) is 77.2 Å². The van der Waals surface area contributed by atoms with Gasteiger partial charge in [0.1, 0.15) is 5.56 Å². The van der Waals surface area contributed by atoms with Crippen LogP contribution in [0, 0.1) is 0 Å². The molecule has 2 aromatic rings. The zero-order chi connectivity index (χ0) is 11.0. The van der Waals surface area contributed by atoms with Gasteiger partial charge in [-0.15, -0.1) is 0 Å². The molecule has 0 radical (unpaired) electrons. The second-order valence-electron chi connectivity index (χ2n) is 3.14. The molecule has 0 unspecified atom stereocenters. The summed E-state index contributed by atoms with van der Waals surface area (Å²) in [5.74, 6) is -0.488. The molecule has 0 amide bonds. The van der Waals surface area contributed by atoms with Gasteiger partial charge < -0.3 is 5.73 Å². The van der Waals surface area contributed by atoms with Gasteiger partial charge in [-0.2, -0.15) is 0 Å². The van der Waals surface area contributed by atoms with Gasteiger partial charge >= 0.3 is 0 Å². The molecular formula is C11H7NO3. The third-order valence-corrected chi connectivity index (χ3v) is 2.21. The Hall–Kier alpha value is -2.23. The first-order valence-electron chi connectivity index (χ1n) is 4.31. The lowest BCUT2D eigenvalue weighted by molar-refractivity contribution is 0.103. The van der Waals surface area contributed by atoms with Crippen molar-refractivity contribution in [3.63, 3.8) is 0 Å². The number of carbonyl (C=O) groups is 1. The maximum absolute atomic E-state index is 11.7. The lowest BCUT2D eigenvalue weighted by Gasteiger charge is -2.04. The SMILES string of the molecule is Nc1c(C(=O)c2ccccc2)c(=O)c1=O. The molecule has 0 heterocycles. The van der Waals surface area contributed by atoms with Crippen molar-refractivity contribution in [1.29, 1.82) is 0 Å². The van der Waals surface area contributed by atoms with E-state index in [9.17, 15) is 14.4 Å². The minimum absolute atomic E-state index is 0.189. The monoisotopic (exact) mass is 201 g/mol. The third-order valence-electron chi connectivity index (χ3n) is 2.21. The van der Waals surface area contributed by atoms with Gasteiger partial charge in [0.05, 0.1) is 5.69 Å². The summed E-state index contributed by atoms with van der Waals surface area (Å²) in [4.78, 5) is 33.6. The number of nitrogens with two attached hydrogens (primary N) is 1. The van der Waals surface area contributed by atoms with Crippen LogP contribution in [0.2, 0.25) is 0 Å². The molecule has 0 aliphatic heterocycles. The second-order valence-corrected chi connectivity index (χ2v) is 3.14. The van der Waals surface area contributed by atoms with Crippen LogP contribution in [0.25, 0.3) is 0 Å². The fraction of sp³-hybridized carbons (Fsp3) is 0. The van der Waals surface area contributed by atoms with Crippen molar-refractivity contribution in [3.8, 4) is 0 Å². The predicted molar refractivity (Wildman–Crippen MR) is 55.6 cm³/mol. The highest BCUT2D eigenvalue weighted by Gasteiger charge is 2.24. The molecule has 2 aromatic carbocycles. The first-order valence-corrected chi connectivity index (χ1v) is 4.31. The van der Waals surface area contributed by atoms with E-state index < -0.39 is 16.6 Å². The van der Waals surface area contributed by atoms with E-state index in [0.29, 0.717) is 5.56 Å². The molecule has 0 aliphatic rings. The van der Waals surface area contributed by atoms with Crippen LogP contribution in [0.15, 0.2) is 39.9 Å². The first-order chi connectivity index (χ1) is 7.13. The average molecular weight is 201 g/mol. The molecule has 0 spiro atoms. The van der Waals surface area contributed by atoms with Crippen LogP contribution in [0.5, 0.6) is 0 Å². The van der Waals surface area contributed by atoms with Crippen molar-refractivity contribution in [2.45, 2.75) is 0 Å². The van der Waals surface area contributed by atoms with Crippen LogP contribution >= 0.6 is 0 Å². The first kappa shape index (κ1) is 9.33. The van der Waals surface area contributed by atoms with Gasteiger partial charge in [0, 0.05) is 5.56 Å². The smallest absolute Gasteiger partial charge is 0.250 e. The lowest BCUT2D eigenvalue weighted by atomic mass is 9.98. The number of rotatable bonds is 2. The maximum Gasteiger partial charge on any atom is 0.250 e. The quantitative estimate of drug-likeness (QED) is 0.552. The standard InChI is InChI=1S/C11H7NO3/c12-8-7(10(14)11(8)15)9(13)6-4-2-1-3-5-6/h1-5H,12H2. The molecule has 74 valence electrons. The maximum atomic E-state index is 11.7. The molecule has 4 nitrogen and oxygen atoms in total. The summed E-state index contributed by atoms with van der Waals surface area (Å²) in [6, 6.07) is 8.24. The van der Waals surface area contributed by atoms with Gasteiger partial charge in [-0.05, 0) is 0 Å². The minimum Gasteiger partial charge on any atom is -0.395 e. The van der Waals surface area contributed by atoms with E-state index in [1.807, 2.05) is 0 Å². The summed E-state index contributed by atoms with van der Waals surface area (Å²) in [6.45, 7) is 0. The van der Waals surface area contributed by atoms with E-state index in [4.69, 9.17) is 5.73 Å². The molecule has 0 bridgehead atoms. The number of nitrogen functional groups attached to an aromatic ring is 1. The Labute approximate surface area is 84.7 Å². The Kier molecular flexibility index (Phi) is 1.97. The second kappa shape index (κ2) is 3.16. The van der Waals surface area contributed by atoms with Crippen LogP contribution in [0.1, 0.15) is 15.9 Å². The zero-order valence-corrected chi connectivity index (χ0v) is 7.69. The highest BCUT2D eigenvalue weighted by atomic mass is 16.2. The van der Waals surface area contributed by atoms with E-state index in [1.165, 1.54) is 0 Å². The van der Waals surface area contributed by atoms with E-state index in [0.717, 1.165) is 0 Å². The number of carbonyl (C=O) groups excluding carboxylic acids is 1. The van der Waals surface area contributed by atoms with Crippen LogP contribution in [-0.2, 0) is 0 Å². The zero-order valence-electron chi connectivity index (χ0n) is 7.69. The van der Waals surface area contributed by atoms with Crippen LogP contribution in [0.4, 0.5) is 5.69 Å². The van der Waals surface area contributed by atoms with Gasteiger partial charge in [0.15, 0.2) is 5.78 Å². The highest BCUT2D eigenvalue weighted by molar-refractivity contribution is 6.13. The number of ketones is 1. The third kappa shape index (κ3) is 1.27. The molecule has 0 aliphatic carbocycles. The average Bonchev–Trinajstić information content (AvgIpc) is 2.30. The fourth-order valence-corrected chi connectivity index (χ4v) is 1.37. The molecule has 15 heavy (non-hydrogen) atoms.